The van der Waals surface area contributed by atoms with E-state index in [0.717, 1.165) is 0 Å². The molecule has 0 aliphatic carbocycles. The Bertz CT molecular complexity index is 66.2. The Morgan fingerprint density at radius 2 is 1.75 bits per heavy atom. The first-order valence-electron chi connectivity index (χ1n) is 2.49. The molecule has 1 unspecified atom stereocenters. The van der Waals surface area contributed by atoms with Gasteiger partial charge in [0.25, 0.3) is 0 Å². The number of hydrogen-bond acceptors (Lipinski definition) is 2. The molecule has 3 nitrogen and oxygen atoms in total. The summed E-state index contributed by atoms with van der Waals surface area (Å²) in [5.41, 5.74) is 3.12. The lowest BCUT2D eigenvalue weighted by atomic mass is 11.1. The Labute approximate surface area is 53.4 Å². The number of nitrogens with one attached hydrogen (secondary N) is 1. The normalized spacial score (nSPS) is 12.8. The molecular formula is C4H15N3P+. The highest BCUT2D eigenvalue weighted by atomic mass is 31.0. The lowest BCUT2D eigenvalue weighted by molar-refractivity contribution is -0.824. The zero-order valence-corrected chi connectivity index (χ0v) is 7.13. The van der Waals surface area contributed by atoms with Gasteiger partial charge < -0.3 is 0 Å². The van der Waals surface area contributed by atoms with Gasteiger partial charge in [-0.3, -0.25) is 0 Å². The van der Waals surface area contributed by atoms with Crippen molar-refractivity contribution in [3.8, 4) is 0 Å². The summed E-state index contributed by atoms with van der Waals surface area (Å²) in [4.78, 5) is 0. The molecule has 0 radical (unpaired) electrons. The van der Waals surface area contributed by atoms with Crippen molar-refractivity contribution < 1.29 is 4.36 Å². The monoisotopic (exact) mass is 136 g/mol. The zero-order chi connectivity index (χ0) is 6.78. The van der Waals surface area contributed by atoms with Gasteiger partial charge in [-0.15, -0.1) is 0 Å². The minimum Gasteiger partial charge on any atom is -0.227 e. The molecule has 0 aromatic heterocycles. The molecular weight excluding hydrogens is 121 g/mol. The van der Waals surface area contributed by atoms with Crippen LogP contribution in [0, 0.1) is 0 Å². The predicted octanol–water partition coefficient (Wildman–Crippen LogP) is -0.166. The second kappa shape index (κ2) is 2.74. The van der Waals surface area contributed by atoms with Crippen molar-refractivity contribution >= 4 is 9.39 Å². The van der Waals surface area contributed by atoms with Crippen molar-refractivity contribution in [1.82, 2.24) is 10.5 Å². The third kappa shape index (κ3) is 6.31. The second-order valence-electron chi connectivity index (χ2n) is 2.53. The maximum absolute atomic E-state index is 3.12. The molecule has 0 rings (SSSR count). The molecule has 0 heterocycles. The van der Waals surface area contributed by atoms with Crippen molar-refractivity contribution in [2.75, 3.05) is 28.2 Å². The highest BCUT2D eigenvalue weighted by Gasteiger charge is 2.05. The van der Waals surface area contributed by atoms with Crippen LogP contribution in [0.3, 0.4) is 0 Å². The van der Waals surface area contributed by atoms with E-state index in [2.05, 4.69) is 14.9 Å². The average Bonchev–Trinajstić information content (AvgIpc) is 1.21. The first kappa shape index (κ1) is 8.31. The molecule has 1 N–H and O–H groups in total. The van der Waals surface area contributed by atoms with E-state index in [9.17, 15) is 0 Å². The van der Waals surface area contributed by atoms with Gasteiger partial charge in [-0.1, -0.05) is 5.53 Å². The summed E-state index contributed by atoms with van der Waals surface area (Å²) in [6, 6.07) is 0. The Hall–Kier alpha value is 0.310. The van der Waals surface area contributed by atoms with Crippen LogP contribution in [0.15, 0.2) is 0 Å². The molecule has 0 aliphatic heterocycles. The molecule has 0 aromatic carbocycles. The van der Waals surface area contributed by atoms with Crippen molar-refractivity contribution in [2.24, 2.45) is 0 Å². The van der Waals surface area contributed by atoms with Crippen LogP contribution in [0.1, 0.15) is 0 Å². The smallest absolute Gasteiger partial charge is 0.0956 e. The zero-order valence-electron chi connectivity index (χ0n) is 5.97. The number of quaternary nitrogens is 1. The first-order chi connectivity index (χ1) is 3.42. The van der Waals surface area contributed by atoms with E-state index in [-0.39, 0.29) is 0 Å². The minimum absolute atomic E-state index is 0.674. The maximum atomic E-state index is 3.12. The molecule has 0 aliphatic rings. The van der Waals surface area contributed by atoms with Crippen molar-refractivity contribution in [3.63, 3.8) is 0 Å². The number of rotatable bonds is 2. The summed E-state index contributed by atoms with van der Waals surface area (Å²) in [5, 5.41) is 1.91. The van der Waals surface area contributed by atoms with Gasteiger partial charge in [0.2, 0.25) is 0 Å². The fraction of sp³-hybridized carbons (Fsp3) is 1.00. The van der Waals surface area contributed by atoms with Crippen molar-refractivity contribution in [3.05, 3.63) is 0 Å². The van der Waals surface area contributed by atoms with Crippen LogP contribution in [-0.4, -0.2) is 37.6 Å². The predicted molar refractivity (Wildman–Crippen MR) is 38.6 cm³/mol. The van der Waals surface area contributed by atoms with E-state index in [1.165, 1.54) is 0 Å². The number of hydrazine groups is 1. The first-order valence-corrected chi connectivity index (χ1v) is 3.01. The van der Waals surface area contributed by atoms with E-state index >= 15 is 0 Å². The fourth-order valence-electron chi connectivity index (χ4n) is 0.515. The number of hydrogen-bond donors (Lipinski definition) is 1. The van der Waals surface area contributed by atoms with Gasteiger partial charge in [0.05, 0.1) is 23.5 Å². The molecule has 0 saturated carbocycles. The second-order valence-corrected chi connectivity index (χ2v) is 3.83. The van der Waals surface area contributed by atoms with Gasteiger partial charge >= 0.3 is 0 Å². The Morgan fingerprint density at radius 3 is 1.75 bits per heavy atom. The van der Waals surface area contributed by atoms with Gasteiger partial charge in [0.15, 0.2) is 0 Å². The number of nitrogens with zero attached hydrogens (tertiary/aromatic N) is 2. The molecule has 0 fully saturated rings. The Kier molecular flexibility index (Phi) is 2.84. The van der Waals surface area contributed by atoms with E-state index in [1.807, 2.05) is 33.2 Å². The summed E-state index contributed by atoms with van der Waals surface area (Å²) < 4.78 is 0.674. The van der Waals surface area contributed by atoms with Gasteiger partial charge in [0.1, 0.15) is 0 Å². The standard InChI is InChI=1S/C4H15N3P/c1-6(2)5-7(3,4)8/h5H,8H2,1-4H3/q+1. The fourth-order valence-corrected chi connectivity index (χ4v) is 0.746. The van der Waals surface area contributed by atoms with E-state index in [1.54, 1.807) is 0 Å². The molecule has 1 atom stereocenters. The van der Waals surface area contributed by atoms with E-state index in [4.69, 9.17) is 0 Å². The molecule has 0 aromatic rings. The van der Waals surface area contributed by atoms with Gasteiger partial charge in [-0.05, 0) is 0 Å². The molecule has 0 bridgehead atoms. The topological polar surface area (TPSA) is 15.3 Å². The van der Waals surface area contributed by atoms with Crippen LogP contribution in [0.25, 0.3) is 0 Å². The quantitative estimate of drug-likeness (QED) is 0.419. The maximum Gasteiger partial charge on any atom is 0.0956 e. The SMILES string of the molecule is CN(C)N[N+](C)(C)P. The molecule has 0 amide bonds. The molecule has 0 saturated heterocycles. The highest BCUT2D eigenvalue weighted by Crippen LogP contribution is 1.98. The summed E-state index contributed by atoms with van der Waals surface area (Å²) in [6.45, 7) is 0. The molecule has 50 valence electrons. The summed E-state index contributed by atoms with van der Waals surface area (Å²) in [7, 11) is 10.6. The lowest BCUT2D eigenvalue weighted by Crippen LogP contribution is -2.49. The van der Waals surface area contributed by atoms with Crippen LogP contribution in [0.2, 0.25) is 0 Å². The van der Waals surface area contributed by atoms with Crippen LogP contribution in [0.4, 0.5) is 0 Å². The summed E-state index contributed by atoms with van der Waals surface area (Å²) in [6.07, 6.45) is 0. The van der Waals surface area contributed by atoms with Gasteiger partial charge in [-0.2, -0.15) is 0 Å². The summed E-state index contributed by atoms with van der Waals surface area (Å²) in [5.74, 6) is 0. The lowest BCUT2D eigenvalue weighted by Gasteiger charge is -2.26. The molecule has 4 heteroatoms. The average molecular weight is 136 g/mol. The van der Waals surface area contributed by atoms with Crippen LogP contribution in [0.5, 0.6) is 0 Å². The Balaban J connectivity index is 3.39. The molecule has 0 spiro atoms. The molecule has 8 heavy (non-hydrogen) atoms. The summed E-state index contributed by atoms with van der Waals surface area (Å²) >= 11 is 0. The van der Waals surface area contributed by atoms with Gasteiger partial charge in [-0.25, -0.2) is 9.37 Å². The third-order valence-corrected chi connectivity index (χ3v) is 0.573. The van der Waals surface area contributed by atoms with Gasteiger partial charge in [0, 0.05) is 14.1 Å². The van der Waals surface area contributed by atoms with Crippen molar-refractivity contribution in [1.29, 1.82) is 0 Å². The van der Waals surface area contributed by atoms with Crippen LogP contribution in [-0.2, 0) is 0 Å². The van der Waals surface area contributed by atoms with Crippen LogP contribution >= 0.6 is 9.39 Å². The van der Waals surface area contributed by atoms with E-state index in [0.29, 0.717) is 4.36 Å². The van der Waals surface area contributed by atoms with Crippen molar-refractivity contribution in [2.45, 2.75) is 0 Å². The van der Waals surface area contributed by atoms with E-state index < -0.39 is 0 Å². The highest BCUT2D eigenvalue weighted by molar-refractivity contribution is 7.08. The minimum atomic E-state index is 0.674. The van der Waals surface area contributed by atoms with Crippen LogP contribution < -0.4 is 5.53 Å². The largest absolute Gasteiger partial charge is 0.227 e. The Morgan fingerprint density at radius 1 is 1.38 bits per heavy atom. The third-order valence-electron chi connectivity index (χ3n) is 0.458.